The number of hydrogen-bond acceptors (Lipinski definition) is 6. The first-order valence-electron chi connectivity index (χ1n) is 13.4. The molecule has 0 heterocycles. The third-order valence-corrected chi connectivity index (χ3v) is 7.90. The zero-order chi connectivity index (χ0) is 29.0. The summed E-state index contributed by atoms with van der Waals surface area (Å²) in [6.07, 6.45) is 1.70. The molecule has 0 saturated carbocycles. The molecule has 6 nitrogen and oxygen atoms in total. The molecule has 1 unspecified atom stereocenters. The molecule has 0 radical (unpaired) electrons. The number of carbonyl (C=O) groups is 1. The van der Waals surface area contributed by atoms with E-state index in [1.54, 1.807) is 26.0 Å². The largest absolute Gasteiger partial charge is 0.489 e. The highest BCUT2D eigenvalue weighted by molar-refractivity contribution is 7.99. The first-order chi connectivity index (χ1) is 19.3. The van der Waals surface area contributed by atoms with Gasteiger partial charge in [-0.1, -0.05) is 79.7 Å². The molecule has 3 aromatic rings. The number of alkyl carbamates (subject to hydrolysis) is 1. The monoisotopic (exact) mass is 585 g/mol. The lowest BCUT2D eigenvalue weighted by atomic mass is 9.83. The van der Waals surface area contributed by atoms with E-state index in [0.717, 1.165) is 39.5 Å². The highest BCUT2D eigenvalue weighted by atomic mass is 35.5. The summed E-state index contributed by atoms with van der Waals surface area (Å²) in [6.45, 7) is 4.74. The number of aryl methyl sites for hydroxylation is 1. The Balaban J connectivity index is 1.64. The molecule has 0 aliphatic rings. The second-order valence-corrected chi connectivity index (χ2v) is 11.7. The predicted molar refractivity (Wildman–Crippen MR) is 161 cm³/mol. The van der Waals surface area contributed by atoms with E-state index in [0.29, 0.717) is 30.4 Å². The summed E-state index contributed by atoms with van der Waals surface area (Å²) < 4.78 is 22.2. The molecule has 0 aliphatic carbocycles. The lowest BCUT2D eigenvalue weighted by Gasteiger charge is -2.40. The van der Waals surface area contributed by atoms with Crippen LogP contribution in [0.15, 0.2) is 82.6 Å². The molecule has 216 valence electrons. The van der Waals surface area contributed by atoms with Crippen LogP contribution >= 0.6 is 23.4 Å². The van der Waals surface area contributed by atoms with Gasteiger partial charge in [0.1, 0.15) is 12.4 Å². The van der Waals surface area contributed by atoms with Crippen LogP contribution in [-0.2, 0) is 27.2 Å². The predicted octanol–water partition coefficient (Wildman–Crippen LogP) is 8.15. The Morgan fingerprint density at radius 2 is 1.68 bits per heavy atom. The molecule has 8 heteroatoms. The second-order valence-electron chi connectivity index (χ2n) is 10.1. The first kappa shape index (κ1) is 31.8. The summed E-state index contributed by atoms with van der Waals surface area (Å²) in [5, 5.41) is 3.73. The maximum Gasteiger partial charge on any atom is 0.407 e. The number of benzene rings is 3. The summed E-state index contributed by atoms with van der Waals surface area (Å²) >= 11 is 8.37. The zero-order valence-corrected chi connectivity index (χ0v) is 25.5. The van der Waals surface area contributed by atoms with E-state index in [2.05, 4.69) is 49.5 Å². The Hall–Kier alpha value is -2.71. The normalized spacial score (nSPS) is 12.8. The van der Waals surface area contributed by atoms with Crippen molar-refractivity contribution < 1.29 is 23.7 Å². The molecule has 3 rings (SSSR count). The number of ether oxygens (including phenoxy) is 4. The van der Waals surface area contributed by atoms with Crippen molar-refractivity contribution in [3.63, 3.8) is 0 Å². The van der Waals surface area contributed by atoms with Gasteiger partial charge in [0.2, 0.25) is 0 Å². The van der Waals surface area contributed by atoms with Gasteiger partial charge in [-0.05, 0) is 73.1 Å². The maximum atomic E-state index is 12.3. The van der Waals surface area contributed by atoms with Crippen molar-refractivity contribution in [2.45, 2.75) is 67.8 Å². The van der Waals surface area contributed by atoms with Gasteiger partial charge in [-0.2, -0.15) is 0 Å². The summed E-state index contributed by atoms with van der Waals surface area (Å²) in [5.74, 6) is 1.12. The van der Waals surface area contributed by atoms with Crippen LogP contribution in [0.5, 0.6) is 5.75 Å². The Morgan fingerprint density at radius 3 is 2.33 bits per heavy atom. The summed E-state index contributed by atoms with van der Waals surface area (Å²) in [5.41, 5.74) is 1.44. The smallest absolute Gasteiger partial charge is 0.407 e. The number of rotatable bonds is 15. The molecule has 0 aliphatic heterocycles. The van der Waals surface area contributed by atoms with E-state index in [4.69, 9.17) is 30.5 Å². The minimum Gasteiger partial charge on any atom is -0.489 e. The molecule has 0 saturated heterocycles. The van der Waals surface area contributed by atoms with Crippen molar-refractivity contribution in [3.05, 3.63) is 88.9 Å². The summed E-state index contributed by atoms with van der Waals surface area (Å²) in [6, 6.07) is 24.3. The van der Waals surface area contributed by atoms with Gasteiger partial charge in [-0.25, -0.2) is 4.79 Å². The second kappa shape index (κ2) is 15.9. The zero-order valence-electron chi connectivity index (χ0n) is 23.9. The van der Waals surface area contributed by atoms with Crippen LogP contribution in [0, 0.1) is 5.92 Å². The number of nitrogens with one attached hydrogen (secondary N) is 1. The quantitative estimate of drug-likeness (QED) is 0.182. The van der Waals surface area contributed by atoms with Crippen LogP contribution in [-0.4, -0.2) is 39.3 Å². The molecule has 0 aromatic heterocycles. The number of methoxy groups -OCH3 is 3. The van der Waals surface area contributed by atoms with Gasteiger partial charge >= 0.3 is 6.09 Å². The highest BCUT2D eigenvalue weighted by Crippen LogP contribution is 2.34. The third-order valence-electron chi connectivity index (χ3n) is 6.57. The lowest BCUT2D eigenvalue weighted by Crippen LogP contribution is -2.58. The van der Waals surface area contributed by atoms with Crippen LogP contribution < -0.4 is 10.1 Å². The van der Waals surface area contributed by atoms with Gasteiger partial charge in [0.25, 0.3) is 0 Å². The average molecular weight is 586 g/mol. The molecular formula is C32H40ClNO5S. The van der Waals surface area contributed by atoms with E-state index in [9.17, 15) is 4.79 Å². The van der Waals surface area contributed by atoms with Crippen molar-refractivity contribution in [2.75, 3.05) is 21.3 Å². The molecule has 0 fully saturated rings. The van der Waals surface area contributed by atoms with Crippen molar-refractivity contribution >= 4 is 29.5 Å². The third kappa shape index (κ3) is 9.44. The van der Waals surface area contributed by atoms with Gasteiger partial charge in [-0.15, -0.1) is 0 Å². The number of halogens is 1. The van der Waals surface area contributed by atoms with E-state index < -0.39 is 17.9 Å². The molecule has 40 heavy (non-hydrogen) atoms. The van der Waals surface area contributed by atoms with Crippen LogP contribution in [0.4, 0.5) is 4.79 Å². The lowest BCUT2D eigenvalue weighted by molar-refractivity contribution is -0.160. The van der Waals surface area contributed by atoms with Crippen LogP contribution in [0.25, 0.3) is 0 Å². The molecule has 3 aromatic carbocycles. The molecule has 0 spiro atoms. The molecule has 1 amide bonds. The fraction of sp³-hybridized carbons (Fsp3) is 0.406. The Labute approximate surface area is 247 Å². The molecular weight excluding hydrogens is 546 g/mol. The molecule has 1 atom stereocenters. The Bertz CT molecular complexity index is 1200. The standard InChI is InChI=1S/C32H40ClNO5S/c1-23(2)21-32(30(36-3)37-4,34-31(35)38-5)18-10-13-25-16-17-28(20-29(25)33)40-27-15-9-14-26(19-27)39-22-24-11-7-6-8-12-24/h6-9,11-12,14-17,19-20,23,30H,10,13,18,21-22H2,1-5H3,(H,34,35). The van der Waals surface area contributed by atoms with Crippen molar-refractivity contribution in [3.8, 4) is 5.75 Å². The number of hydrogen-bond donors (Lipinski definition) is 1. The Kier molecular flexibility index (Phi) is 12.7. The summed E-state index contributed by atoms with van der Waals surface area (Å²) in [7, 11) is 4.53. The van der Waals surface area contributed by atoms with Crippen molar-refractivity contribution in [1.29, 1.82) is 0 Å². The van der Waals surface area contributed by atoms with Gasteiger partial charge in [-0.3, -0.25) is 0 Å². The SMILES string of the molecule is COC(=O)NC(CCCc1ccc(Sc2cccc(OCc3ccccc3)c2)cc1Cl)(CC(C)C)C(OC)OC. The van der Waals surface area contributed by atoms with Crippen LogP contribution in [0.3, 0.4) is 0 Å². The van der Waals surface area contributed by atoms with E-state index in [1.807, 2.05) is 42.5 Å². The summed E-state index contributed by atoms with van der Waals surface area (Å²) in [4.78, 5) is 14.4. The van der Waals surface area contributed by atoms with Crippen molar-refractivity contribution in [2.24, 2.45) is 5.92 Å². The fourth-order valence-corrected chi connectivity index (χ4v) is 6.16. The highest BCUT2D eigenvalue weighted by Gasteiger charge is 2.41. The molecule has 0 bridgehead atoms. The van der Waals surface area contributed by atoms with Gasteiger partial charge in [0.15, 0.2) is 6.29 Å². The maximum absolute atomic E-state index is 12.3. The van der Waals surface area contributed by atoms with E-state index in [1.165, 1.54) is 7.11 Å². The minimum absolute atomic E-state index is 0.298. The Morgan fingerprint density at radius 1 is 0.950 bits per heavy atom. The minimum atomic E-state index is -0.735. The average Bonchev–Trinajstić information content (AvgIpc) is 2.94. The van der Waals surface area contributed by atoms with Gasteiger partial charge < -0.3 is 24.3 Å². The first-order valence-corrected chi connectivity index (χ1v) is 14.6. The van der Waals surface area contributed by atoms with Crippen molar-refractivity contribution in [1.82, 2.24) is 5.32 Å². The number of carbonyl (C=O) groups excluding carboxylic acids is 1. The van der Waals surface area contributed by atoms with Crippen LogP contribution in [0.2, 0.25) is 5.02 Å². The number of amides is 1. The topological polar surface area (TPSA) is 66.0 Å². The van der Waals surface area contributed by atoms with Gasteiger partial charge in [0, 0.05) is 29.0 Å². The van der Waals surface area contributed by atoms with Crippen LogP contribution in [0.1, 0.15) is 44.2 Å². The van der Waals surface area contributed by atoms with Gasteiger partial charge in [0.05, 0.1) is 12.6 Å². The van der Waals surface area contributed by atoms with E-state index >= 15 is 0 Å². The fourth-order valence-electron chi connectivity index (χ4n) is 4.91. The molecule has 1 N–H and O–H groups in total. The van der Waals surface area contributed by atoms with E-state index in [-0.39, 0.29) is 0 Å².